The summed E-state index contributed by atoms with van der Waals surface area (Å²) in [5.74, 6) is 0.859. The fraction of sp³-hybridized carbons (Fsp3) is 0.294. The molecule has 0 fully saturated rings. The summed E-state index contributed by atoms with van der Waals surface area (Å²) in [5, 5.41) is 9.52. The molecule has 6 heteroatoms. The molecule has 0 bridgehead atoms. The van der Waals surface area contributed by atoms with Crippen molar-refractivity contribution in [3.05, 3.63) is 52.2 Å². The third kappa shape index (κ3) is 4.14. The Morgan fingerprint density at radius 3 is 2.91 bits per heavy atom. The monoisotopic (exact) mass is 346 g/mol. The number of fused-ring (bicyclic) bond motifs is 1. The van der Waals surface area contributed by atoms with Gasteiger partial charge in [-0.05, 0) is 29.5 Å². The number of rotatable bonds is 5. The molecule has 1 atom stereocenters. The highest BCUT2D eigenvalue weighted by atomic mass is 32.2. The number of carbonyl (C=O) groups is 2. The van der Waals surface area contributed by atoms with Crippen LogP contribution in [0.4, 0.5) is 0 Å². The van der Waals surface area contributed by atoms with Crippen LogP contribution in [0.25, 0.3) is 0 Å². The van der Waals surface area contributed by atoms with Gasteiger partial charge < -0.3 is 10.6 Å². The molecule has 1 aromatic carbocycles. The molecule has 120 valence electrons. The SMILES string of the molecule is O=C(CCNC(=O)c1ccsc1)NC1CCSc2ccccc21. The van der Waals surface area contributed by atoms with E-state index in [0.717, 1.165) is 12.2 Å². The lowest BCUT2D eigenvalue weighted by molar-refractivity contribution is -0.121. The molecular weight excluding hydrogens is 328 g/mol. The van der Waals surface area contributed by atoms with Crippen molar-refractivity contribution in [2.75, 3.05) is 12.3 Å². The first-order valence-electron chi connectivity index (χ1n) is 7.55. The third-order valence-electron chi connectivity index (χ3n) is 3.71. The first-order chi connectivity index (χ1) is 11.2. The topological polar surface area (TPSA) is 58.2 Å². The number of hydrogen-bond donors (Lipinski definition) is 2. The van der Waals surface area contributed by atoms with Gasteiger partial charge in [-0.2, -0.15) is 11.3 Å². The molecule has 1 unspecified atom stereocenters. The van der Waals surface area contributed by atoms with Crippen LogP contribution in [-0.2, 0) is 4.79 Å². The molecule has 4 nitrogen and oxygen atoms in total. The quantitative estimate of drug-likeness (QED) is 0.874. The van der Waals surface area contributed by atoms with Crippen molar-refractivity contribution in [2.45, 2.75) is 23.8 Å². The average Bonchev–Trinajstić information content (AvgIpc) is 3.10. The van der Waals surface area contributed by atoms with E-state index in [4.69, 9.17) is 0 Å². The Bertz CT molecular complexity index is 686. The molecule has 2 amide bonds. The second kappa shape index (κ2) is 7.66. The standard InChI is InChI=1S/C17H18N2O2S2/c20-16(5-8-18-17(21)12-6-9-22-11-12)19-14-7-10-23-15-4-2-1-3-13(14)15/h1-4,6,9,11,14H,5,7-8,10H2,(H,18,21)(H,19,20). The van der Waals surface area contributed by atoms with E-state index in [2.05, 4.69) is 22.8 Å². The molecule has 2 heterocycles. The molecule has 1 aliphatic heterocycles. The van der Waals surface area contributed by atoms with Gasteiger partial charge in [0.1, 0.15) is 0 Å². The smallest absolute Gasteiger partial charge is 0.252 e. The molecule has 1 aromatic heterocycles. The fourth-order valence-electron chi connectivity index (χ4n) is 2.54. The summed E-state index contributed by atoms with van der Waals surface area (Å²) >= 11 is 3.31. The van der Waals surface area contributed by atoms with Gasteiger partial charge in [-0.3, -0.25) is 9.59 Å². The summed E-state index contributed by atoms with van der Waals surface area (Å²) in [6, 6.07) is 10.1. The maximum absolute atomic E-state index is 12.1. The molecule has 2 N–H and O–H groups in total. The first-order valence-corrected chi connectivity index (χ1v) is 9.48. The maximum Gasteiger partial charge on any atom is 0.252 e. The van der Waals surface area contributed by atoms with E-state index >= 15 is 0 Å². The number of hydrogen-bond acceptors (Lipinski definition) is 4. The van der Waals surface area contributed by atoms with Gasteiger partial charge in [0.25, 0.3) is 5.91 Å². The first kappa shape index (κ1) is 16.1. The van der Waals surface area contributed by atoms with Crippen LogP contribution in [0.3, 0.4) is 0 Å². The molecule has 0 saturated heterocycles. The Morgan fingerprint density at radius 1 is 1.22 bits per heavy atom. The molecule has 3 rings (SSSR count). The van der Waals surface area contributed by atoms with Gasteiger partial charge in [0, 0.05) is 34.6 Å². The van der Waals surface area contributed by atoms with Crippen LogP contribution in [-0.4, -0.2) is 24.1 Å². The van der Waals surface area contributed by atoms with Gasteiger partial charge in [0.2, 0.25) is 5.91 Å². The van der Waals surface area contributed by atoms with E-state index < -0.39 is 0 Å². The van der Waals surface area contributed by atoms with Crippen LogP contribution in [0.1, 0.15) is 34.8 Å². The Labute approximate surface area is 143 Å². The van der Waals surface area contributed by atoms with Crippen LogP contribution < -0.4 is 10.6 Å². The summed E-state index contributed by atoms with van der Waals surface area (Å²) in [6.45, 7) is 0.351. The fourth-order valence-corrected chi connectivity index (χ4v) is 4.30. The normalized spacial score (nSPS) is 16.4. The predicted molar refractivity (Wildman–Crippen MR) is 93.9 cm³/mol. The van der Waals surface area contributed by atoms with Gasteiger partial charge in [-0.25, -0.2) is 0 Å². The zero-order valence-corrected chi connectivity index (χ0v) is 14.2. The molecule has 0 radical (unpaired) electrons. The summed E-state index contributed by atoms with van der Waals surface area (Å²) < 4.78 is 0. The largest absolute Gasteiger partial charge is 0.351 e. The predicted octanol–water partition coefficient (Wildman–Crippen LogP) is 3.22. The summed E-state index contributed by atoms with van der Waals surface area (Å²) in [4.78, 5) is 25.2. The zero-order valence-electron chi connectivity index (χ0n) is 12.6. The van der Waals surface area contributed by atoms with E-state index in [9.17, 15) is 9.59 Å². The van der Waals surface area contributed by atoms with Crippen LogP contribution in [0, 0.1) is 0 Å². The Morgan fingerprint density at radius 2 is 2.09 bits per heavy atom. The van der Waals surface area contributed by atoms with Crippen molar-refractivity contribution in [3.8, 4) is 0 Å². The number of carbonyl (C=O) groups excluding carboxylic acids is 2. The second-order valence-corrected chi connectivity index (χ2v) is 7.23. The van der Waals surface area contributed by atoms with E-state index in [1.165, 1.54) is 21.8 Å². The highest BCUT2D eigenvalue weighted by Gasteiger charge is 2.21. The lowest BCUT2D eigenvalue weighted by atomic mass is 10.0. The molecule has 1 aliphatic rings. The molecule has 0 spiro atoms. The van der Waals surface area contributed by atoms with E-state index in [1.54, 1.807) is 11.4 Å². The Kier molecular flexibility index (Phi) is 5.35. The number of amides is 2. The minimum Gasteiger partial charge on any atom is -0.351 e. The molecule has 0 aliphatic carbocycles. The lowest BCUT2D eigenvalue weighted by Crippen LogP contribution is -2.34. The van der Waals surface area contributed by atoms with E-state index in [-0.39, 0.29) is 17.9 Å². The summed E-state index contributed by atoms with van der Waals surface area (Å²) in [7, 11) is 0. The van der Waals surface area contributed by atoms with Crippen molar-refractivity contribution in [3.63, 3.8) is 0 Å². The van der Waals surface area contributed by atoms with E-state index in [1.807, 2.05) is 29.3 Å². The van der Waals surface area contributed by atoms with Crippen molar-refractivity contribution < 1.29 is 9.59 Å². The number of thioether (sulfide) groups is 1. The molecule has 0 saturated carbocycles. The number of thiophene rings is 1. The number of nitrogens with one attached hydrogen (secondary N) is 2. The average molecular weight is 346 g/mol. The summed E-state index contributed by atoms with van der Waals surface area (Å²) in [6.07, 6.45) is 1.23. The van der Waals surface area contributed by atoms with Gasteiger partial charge in [-0.1, -0.05) is 18.2 Å². The Hall–Kier alpha value is -1.79. The third-order valence-corrected chi connectivity index (χ3v) is 5.52. The molecule has 2 aromatic rings. The van der Waals surface area contributed by atoms with Gasteiger partial charge >= 0.3 is 0 Å². The Balaban J connectivity index is 1.48. The highest BCUT2D eigenvalue weighted by molar-refractivity contribution is 7.99. The minimum absolute atomic E-state index is 0.0256. The van der Waals surface area contributed by atoms with Crippen LogP contribution in [0.2, 0.25) is 0 Å². The van der Waals surface area contributed by atoms with Crippen LogP contribution in [0.15, 0.2) is 46.0 Å². The van der Waals surface area contributed by atoms with Crippen molar-refractivity contribution in [1.82, 2.24) is 10.6 Å². The van der Waals surface area contributed by atoms with Gasteiger partial charge in [-0.15, -0.1) is 11.8 Å². The van der Waals surface area contributed by atoms with Crippen LogP contribution >= 0.6 is 23.1 Å². The van der Waals surface area contributed by atoms with Crippen molar-refractivity contribution >= 4 is 34.9 Å². The van der Waals surface area contributed by atoms with Gasteiger partial charge in [0.15, 0.2) is 0 Å². The van der Waals surface area contributed by atoms with Crippen molar-refractivity contribution in [2.24, 2.45) is 0 Å². The highest BCUT2D eigenvalue weighted by Crippen LogP contribution is 2.35. The summed E-state index contributed by atoms with van der Waals surface area (Å²) in [5.41, 5.74) is 1.84. The van der Waals surface area contributed by atoms with Gasteiger partial charge in [0.05, 0.1) is 6.04 Å². The molecular formula is C17H18N2O2S2. The zero-order chi connectivity index (χ0) is 16.1. The van der Waals surface area contributed by atoms with Crippen molar-refractivity contribution in [1.29, 1.82) is 0 Å². The van der Waals surface area contributed by atoms with E-state index in [0.29, 0.717) is 18.5 Å². The molecule has 23 heavy (non-hydrogen) atoms. The van der Waals surface area contributed by atoms with Crippen LogP contribution in [0.5, 0.6) is 0 Å². The number of benzene rings is 1. The maximum atomic E-state index is 12.1. The lowest BCUT2D eigenvalue weighted by Gasteiger charge is -2.25. The minimum atomic E-state index is -0.126. The second-order valence-electron chi connectivity index (χ2n) is 5.31.